The fraction of sp³-hybridized carbons (Fsp3) is 0.184. The van der Waals surface area contributed by atoms with E-state index in [0.717, 1.165) is 16.7 Å². The van der Waals surface area contributed by atoms with Gasteiger partial charge in [-0.1, -0.05) is 79.2 Å². The molecule has 47 heavy (non-hydrogen) atoms. The maximum atomic E-state index is 13.6. The Bertz CT molecular complexity index is 1930. The molecule has 0 unspecified atom stereocenters. The number of carbonyl (C=O) groups is 1. The highest BCUT2D eigenvalue weighted by molar-refractivity contribution is 7.91. The third-order valence-corrected chi connectivity index (χ3v) is 9.91. The van der Waals surface area contributed by atoms with E-state index in [0.29, 0.717) is 54.6 Å². The summed E-state index contributed by atoms with van der Waals surface area (Å²) in [4.78, 5) is 13.9. The summed E-state index contributed by atoms with van der Waals surface area (Å²) < 4.78 is 33.0. The molecule has 5 aromatic carbocycles. The van der Waals surface area contributed by atoms with Crippen molar-refractivity contribution < 1.29 is 28.2 Å². The summed E-state index contributed by atoms with van der Waals surface area (Å²) in [5.74, 6) is -0.261. The van der Waals surface area contributed by atoms with Crippen LogP contribution in [0.25, 0.3) is 0 Å². The molecule has 0 spiro atoms. The first-order valence-electron chi connectivity index (χ1n) is 15.3. The average molecular weight is 670 g/mol. The summed E-state index contributed by atoms with van der Waals surface area (Å²) in [7, 11) is -3.84. The van der Waals surface area contributed by atoms with Crippen molar-refractivity contribution in [1.82, 2.24) is 4.90 Å². The highest BCUT2D eigenvalue weighted by Crippen LogP contribution is 2.29. The van der Waals surface area contributed by atoms with E-state index < -0.39 is 21.9 Å². The van der Waals surface area contributed by atoms with Gasteiger partial charge in [0.15, 0.2) is 0 Å². The van der Waals surface area contributed by atoms with Gasteiger partial charge in [-0.3, -0.25) is 4.90 Å². The van der Waals surface area contributed by atoms with Gasteiger partial charge in [-0.2, -0.15) is 0 Å². The van der Waals surface area contributed by atoms with Crippen LogP contribution in [-0.2, 0) is 29.2 Å². The van der Waals surface area contributed by atoms with Crippen LogP contribution >= 0.6 is 11.6 Å². The third kappa shape index (κ3) is 8.87. The largest absolute Gasteiger partial charge is 0.478 e. The zero-order valence-corrected chi connectivity index (χ0v) is 27.5. The second-order valence-corrected chi connectivity index (χ2v) is 13.6. The van der Waals surface area contributed by atoms with Crippen LogP contribution in [-0.4, -0.2) is 42.6 Å². The molecule has 0 bridgehead atoms. The number of nitrogens with zero attached hydrogens (tertiary/aromatic N) is 1. The number of hydrogen-bond acceptors (Lipinski definition) is 6. The second-order valence-electron chi connectivity index (χ2n) is 11.2. The molecule has 242 valence electrons. The van der Waals surface area contributed by atoms with Gasteiger partial charge in [-0.25, -0.2) is 13.2 Å². The van der Waals surface area contributed by atoms with Crippen molar-refractivity contribution >= 4 is 27.4 Å². The molecular weight excluding hydrogens is 634 g/mol. The molecule has 5 aromatic rings. The van der Waals surface area contributed by atoms with Crippen molar-refractivity contribution in [2.45, 2.75) is 42.2 Å². The van der Waals surface area contributed by atoms with E-state index in [4.69, 9.17) is 16.3 Å². The molecule has 0 radical (unpaired) electrons. The van der Waals surface area contributed by atoms with Gasteiger partial charge in [0.25, 0.3) is 0 Å². The molecule has 0 saturated heterocycles. The number of aryl methyl sites for hydroxylation is 1. The van der Waals surface area contributed by atoms with Gasteiger partial charge >= 0.3 is 5.97 Å². The van der Waals surface area contributed by atoms with E-state index in [1.165, 1.54) is 18.2 Å². The van der Waals surface area contributed by atoms with Gasteiger partial charge in [-0.15, -0.1) is 0 Å². The Morgan fingerprint density at radius 1 is 0.809 bits per heavy atom. The minimum atomic E-state index is -3.84. The summed E-state index contributed by atoms with van der Waals surface area (Å²) in [5, 5.41) is 20.9. The monoisotopic (exact) mass is 669 g/mol. The molecule has 9 heteroatoms. The third-order valence-electron chi connectivity index (χ3n) is 7.90. The lowest BCUT2D eigenvalue weighted by Crippen LogP contribution is -2.30. The van der Waals surface area contributed by atoms with E-state index in [-0.39, 0.29) is 15.4 Å². The standard InChI is InChI=1S/C38H36ClNO6S/c1-2-29-23-33(16-19-36(29)38(42)43)46-32-12-7-13-35(24-32)47(44,45)34-17-14-27(15-18-34)20-21-40(25-28-8-4-3-5-9-28)26-37(41)30-10-6-11-31(39)22-30/h3-19,22-24,37,41H,2,20-21,25-26H2,1H3,(H,42,43)/t37-/m0/s1. The molecule has 2 N–H and O–H groups in total. The van der Waals surface area contributed by atoms with E-state index >= 15 is 0 Å². The molecule has 7 nitrogen and oxygen atoms in total. The predicted molar refractivity (Wildman–Crippen MR) is 183 cm³/mol. The van der Waals surface area contributed by atoms with E-state index in [1.807, 2.05) is 49.4 Å². The molecular formula is C38H36ClNO6S. The lowest BCUT2D eigenvalue weighted by Gasteiger charge is -2.25. The number of aliphatic hydroxyl groups is 1. The van der Waals surface area contributed by atoms with Crippen LogP contribution in [0.4, 0.5) is 0 Å². The first-order valence-corrected chi connectivity index (χ1v) is 17.2. The van der Waals surface area contributed by atoms with Gasteiger partial charge in [0.2, 0.25) is 9.84 Å². The van der Waals surface area contributed by atoms with E-state index in [1.54, 1.807) is 48.5 Å². The van der Waals surface area contributed by atoms with Crippen molar-refractivity contribution in [2.24, 2.45) is 0 Å². The molecule has 0 aliphatic heterocycles. The van der Waals surface area contributed by atoms with Crippen LogP contribution in [0.1, 0.15) is 45.6 Å². The first kappa shape index (κ1) is 33.9. The van der Waals surface area contributed by atoms with Crippen molar-refractivity contribution in [3.63, 3.8) is 0 Å². The Morgan fingerprint density at radius 3 is 2.23 bits per heavy atom. The summed E-state index contributed by atoms with van der Waals surface area (Å²) in [6, 6.07) is 35.1. The molecule has 0 aliphatic rings. The van der Waals surface area contributed by atoms with Crippen molar-refractivity contribution in [3.8, 4) is 11.5 Å². The highest BCUT2D eigenvalue weighted by Gasteiger charge is 2.20. The number of carboxylic acid groups (broad SMARTS) is 1. The smallest absolute Gasteiger partial charge is 0.335 e. The summed E-state index contributed by atoms with van der Waals surface area (Å²) in [6.45, 7) is 3.55. The topological polar surface area (TPSA) is 104 Å². The van der Waals surface area contributed by atoms with Gasteiger partial charge in [0, 0.05) is 24.7 Å². The van der Waals surface area contributed by atoms with Crippen molar-refractivity contribution in [3.05, 3.63) is 154 Å². The fourth-order valence-electron chi connectivity index (χ4n) is 5.37. The maximum absolute atomic E-state index is 13.6. The molecule has 0 aromatic heterocycles. The molecule has 5 rings (SSSR count). The van der Waals surface area contributed by atoms with Crippen molar-refractivity contribution in [2.75, 3.05) is 13.1 Å². The normalized spacial score (nSPS) is 12.2. The SMILES string of the molecule is CCc1cc(Oc2cccc(S(=O)(=O)c3ccc(CCN(Cc4ccccc4)C[C@H](O)c4cccc(Cl)c4)cc3)c2)ccc1C(=O)O. The number of aliphatic hydroxyl groups excluding tert-OH is 1. The summed E-state index contributed by atoms with van der Waals surface area (Å²) >= 11 is 6.15. The number of benzene rings is 5. The lowest BCUT2D eigenvalue weighted by molar-refractivity contribution is 0.0695. The van der Waals surface area contributed by atoms with Gasteiger partial charge in [0.05, 0.1) is 21.5 Å². The number of hydrogen-bond donors (Lipinski definition) is 2. The minimum Gasteiger partial charge on any atom is -0.478 e. The molecule has 0 saturated carbocycles. The lowest BCUT2D eigenvalue weighted by atomic mass is 10.1. The number of rotatable bonds is 14. The quantitative estimate of drug-likeness (QED) is 0.123. The van der Waals surface area contributed by atoms with E-state index in [9.17, 15) is 23.4 Å². The van der Waals surface area contributed by atoms with Crippen LogP contribution in [0, 0.1) is 0 Å². The van der Waals surface area contributed by atoms with Crippen LogP contribution in [0.5, 0.6) is 11.5 Å². The van der Waals surface area contributed by atoms with Gasteiger partial charge in [-0.05, 0) is 95.8 Å². The van der Waals surface area contributed by atoms with Gasteiger partial charge < -0.3 is 14.9 Å². The van der Waals surface area contributed by atoms with Crippen LogP contribution in [0.15, 0.2) is 131 Å². The average Bonchev–Trinajstić information content (AvgIpc) is 3.07. The fourth-order valence-corrected chi connectivity index (χ4v) is 6.87. The Labute approximate surface area is 280 Å². The van der Waals surface area contributed by atoms with Gasteiger partial charge in [0.1, 0.15) is 11.5 Å². The summed E-state index contributed by atoms with van der Waals surface area (Å²) in [6.07, 6.45) is 0.445. The maximum Gasteiger partial charge on any atom is 0.335 e. The zero-order chi connectivity index (χ0) is 33.4. The number of carboxylic acids is 1. The molecule has 0 fully saturated rings. The van der Waals surface area contributed by atoms with Crippen LogP contribution in [0.3, 0.4) is 0 Å². The zero-order valence-electron chi connectivity index (χ0n) is 25.9. The van der Waals surface area contributed by atoms with Crippen molar-refractivity contribution in [1.29, 1.82) is 0 Å². The minimum absolute atomic E-state index is 0.0876. The second kappa shape index (κ2) is 15.4. The molecule has 0 aliphatic carbocycles. The Kier molecular flexibility index (Phi) is 11.1. The Hall–Kier alpha value is -4.47. The Balaban J connectivity index is 1.27. The van der Waals surface area contributed by atoms with Crippen LogP contribution in [0.2, 0.25) is 5.02 Å². The number of aromatic carboxylic acids is 1. The summed E-state index contributed by atoms with van der Waals surface area (Å²) in [5.41, 5.74) is 3.67. The van der Waals surface area contributed by atoms with Crippen LogP contribution < -0.4 is 4.74 Å². The number of ether oxygens (including phenoxy) is 1. The molecule has 1 atom stereocenters. The number of halogens is 1. The molecule has 0 heterocycles. The first-order chi connectivity index (χ1) is 22.6. The predicted octanol–water partition coefficient (Wildman–Crippen LogP) is 8.00. The van der Waals surface area contributed by atoms with E-state index in [2.05, 4.69) is 17.0 Å². The number of sulfone groups is 1. The molecule has 0 amide bonds. The highest BCUT2D eigenvalue weighted by atomic mass is 35.5. The Morgan fingerprint density at radius 2 is 1.53 bits per heavy atom.